The maximum Gasteiger partial charge on any atom is 0.417 e. The zero-order valence-electron chi connectivity index (χ0n) is 11.7. The summed E-state index contributed by atoms with van der Waals surface area (Å²) < 4.78 is 37.8. The molecule has 0 radical (unpaired) electrons. The van der Waals surface area contributed by atoms with Crippen LogP contribution in [0.25, 0.3) is 0 Å². The molecule has 3 aliphatic rings. The molecule has 2 atom stereocenters. The Kier molecular flexibility index (Phi) is 4.03. The molecule has 1 amide bonds. The average molecular weight is 334 g/mol. The van der Waals surface area contributed by atoms with Crippen molar-refractivity contribution in [1.29, 1.82) is 0 Å². The number of rotatable bonds is 2. The van der Waals surface area contributed by atoms with Crippen LogP contribution in [0.15, 0.2) is 12.3 Å². The van der Waals surface area contributed by atoms with Crippen LogP contribution < -0.4 is 5.32 Å². The number of fused-ring (bicyclic) bond motifs is 4. The van der Waals surface area contributed by atoms with E-state index in [2.05, 4.69) is 10.3 Å². The van der Waals surface area contributed by atoms with Gasteiger partial charge in [0.2, 0.25) is 5.91 Å². The molecule has 0 unspecified atom stereocenters. The highest BCUT2D eigenvalue weighted by Gasteiger charge is 2.35. The number of pyridine rings is 1. The summed E-state index contributed by atoms with van der Waals surface area (Å²) in [4.78, 5) is 17.7. The Bertz CT molecular complexity index is 593. The fourth-order valence-corrected chi connectivity index (χ4v) is 3.24. The molecule has 0 aromatic carbocycles. The number of hydrogen-bond donors (Lipinski definition) is 1. The van der Waals surface area contributed by atoms with Gasteiger partial charge in [0.15, 0.2) is 0 Å². The molecule has 4 rings (SSSR count). The predicted octanol–water partition coefficient (Wildman–Crippen LogP) is 2.46. The lowest BCUT2D eigenvalue weighted by Gasteiger charge is -2.23. The monoisotopic (exact) mass is 333 g/mol. The van der Waals surface area contributed by atoms with Crippen molar-refractivity contribution in [2.75, 3.05) is 13.1 Å². The summed E-state index contributed by atoms with van der Waals surface area (Å²) in [5.74, 6) is -0.00259. The van der Waals surface area contributed by atoms with E-state index in [1.54, 1.807) is 0 Å². The van der Waals surface area contributed by atoms with Gasteiger partial charge in [-0.3, -0.25) is 14.7 Å². The Labute approximate surface area is 130 Å². The summed E-state index contributed by atoms with van der Waals surface area (Å²) in [6.45, 7) is 1.60. The second-order valence-electron chi connectivity index (χ2n) is 5.82. The molecule has 3 saturated heterocycles. The van der Waals surface area contributed by atoms with E-state index in [-0.39, 0.29) is 22.9 Å². The Hall–Kier alpha value is -1.34. The lowest BCUT2D eigenvalue weighted by atomic mass is 9.96. The van der Waals surface area contributed by atoms with Crippen molar-refractivity contribution >= 4 is 17.5 Å². The Morgan fingerprint density at radius 1 is 1.36 bits per heavy atom. The molecule has 4 heterocycles. The molecule has 1 N–H and O–H groups in total. The Morgan fingerprint density at radius 3 is 2.77 bits per heavy atom. The van der Waals surface area contributed by atoms with E-state index in [0.717, 1.165) is 25.1 Å². The SMILES string of the molecule is O=C1N[C@H]2CC[C@@H]1CN(Cc1ncc(C(F)(F)F)cc1Cl)C2. The third kappa shape index (κ3) is 3.20. The molecule has 1 aromatic rings. The van der Waals surface area contributed by atoms with Crippen LogP contribution >= 0.6 is 11.6 Å². The third-order valence-electron chi connectivity index (χ3n) is 4.16. The van der Waals surface area contributed by atoms with Gasteiger partial charge in [-0.25, -0.2) is 0 Å². The number of nitrogens with zero attached hydrogens (tertiary/aromatic N) is 2. The minimum Gasteiger partial charge on any atom is -0.352 e. The second kappa shape index (κ2) is 5.70. The highest BCUT2D eigenvalue weighted by atomic mass is 35.5. The van der Waals surface area contributed by atoms with Crippen LogP contribution in [0.2, 0.25) is 5.02 Å². The van der Waals surface area contributed by atoms with Crippen molar-refractivity contribution in [2.45, 2.75) is 31.6 Å². The van der Waals surface area contributed by atoms with Gasteiger partial charge >= 0.3 is 6.18 Å². The number of hydrogen-bond acceptors (Lipinski definition) is 3. The zero-order chi connectivity index (χ0) is 15.9. The smallest absolute Gasteiger partial charge is 0.352 e. The van der Waals surface area contributed by atoms with Gasteiger partial charge in [-0.15, -0.1) is 0 Å². The van der Waals surface area contributed by atoms with Crippen molar-refractivity contribution in [2.24, 2.45) is 5.92 Å². The zero-order valence-corrected chi connectivity index (χ0v) is 12.4. The molecule has 3 aliphatic heterocycles. The van der Waals surface area contributed by atoms with Crippen molar-refractivity contribution in [1.82, 2.24) is 15.2 Å². The quantitative estimate of drug-likeness (QED) is 0.904. The standard InChI is InChI=1S/C14H15ClF3N3O/c15-11-3-9(14(16,17)18)4-19-12(11)7-21-5-8-1-2-10(6-21)20-13(8)22/h3-4,8,10H,1-2,5-7H2,(H,20,22)/t8-,10+/m1/s1. The van der Waals surface area contributed by atoms with Crippen molar-refractivity contribution < 1.29 is 18.0 Å². The van der Waals surface area contributed by atoms with Crippen LogP contribution in [0.5, 0.6) is 0 Å². The molecule has 0 saturated carbocycles. The predicted molar refractivity (Wildman–Crippen MR) is 74.2 cm³/mol. The van der Waals surface area contributed by atoms with Crippen LogP contribution in [0.1, 0.15) is 24.1 Å². The van der Waals surface area contributed by atoms with E-state index < -0.39 is 11.7 Å². The van der Waals surface area contributed by atoms with Crippen LogP contribution in [0.4, 0.5) is 13.2 Å². The Morgan fingerprint density at radius 2 is 2.14 bits per heavy atom. The molecule has 2 bridgehead atoms. The highest BCUT2D eigenvalue weighted by Crippen LogP contribution is 2.32. The fourth-order valence-electron chi connectivity index (χ4n) is 3.01. The summed E-state index contributed by atoms with van der Waals surface area (Å²) in [7, 11) is 0. The number of piperidine rings is 1. The molecule has 1 aromatic heterocycles. The van der Waals surface area contributed by atoms with E-state index in [9.17, 15) is 18.0 Å². The molecule has 0 aliphatic carbocycles. The summed E-state index contributed by atoms with van der Waals surface area (Å²) in [6.07, 6.45) is -1.87. The molecule has 4 nitrogen and oxygen atoms in total. The first-order valence-electron chi connectivity index (χ1n) is 7.07. The maximum atomic E-state index is 12.6. The molecule has 0 spiro atoms. The van der Waals surface area contributed by atoms with Crippen LogP contribution in [-0.2, 0) is 17.5 Å². The topological polar surface area (TPSA) is 45.2 Å². The second-order valence-corrected chi connectivity index (χ2v) is 6.23. The van der Waals surface area contributed by atoms with Gasteiger partial charge in [0.1, 0.15) is 0 Å². The number of aromatic nitrogens is 1. The van der Waals surface area contributed by atoms with Gasteiger partial charge in [-0.1, -0.05) is 11.6 Å². The maximum absolute atomic E-state index is 12.6. The summed E-state index contributed by atoms with van der Waals surface area (Å²) in [5, 5.41) is 2.96. The van der Waals surface area contributed by atoms with Gasteiger partial charge < -0.3 is 5.32 Å². The Balaban J connectivity index is 1.75. The number of alkyl halides is 3. The first kappa shape index (κ1) is 15.6. The number of carbonyl (C=O) groups is 1. The van der Waals surface area contributed by atoms with E-state index in [1.165, 1.54) is 0 Å². The number of carbonyl (C=O) groups excluding carboxylic acids is 1. The molecule has 120 valence electrons. The summed E-state index contributed by atoms with van der Waals surface area (Å²) in [6, 6.07) is 0.999. The largest absolute Gasteiger partial charge is 0.417 e. The third-order valence-corrected chi connectivity index (χ3v) is 4.48. The number of amides is 1. The average Bonchev–Trinajstić information content (AvgIpc) is 2.70. The first-order chi connectivity index (χ1) is 10.3. The van der Waals surface area contributed by atoms with E-state index in [1.807, 2.05) is 4.90 Å². The van der Waals surface area contributed by atoms with E-state index >= 15 is 0 Å². The molecule has 8 heteroatoms. The molecule has 3 fully saturated rings. The van der Waals surface area contributed by atoms with Gasteiger partial charge in [0, 0.05) is 31.9 Å². The molecule has 22 heavy (non-hydrogen) atoms. The normalized spacial score (nSPS) is 25.9. The lowest BCUT2D eigenvalue weighted by Crippen LogP contribution is -2.43. The minimum absolute atomic E-state index is 0.00528. The summed E-state index contributed by atoms with van der Waals surface area (Å²) >= 11 is 5.94. The minimum atomic E-state index is -4.45. The van der Waals surface area contributed by atoms with Crippen LogP contribution in [-0.4, -0.2) is 34.9 Å². The molecular formula is C14H15ClF3N3O. The number of nitrogens with one attached hydrogen (secondary N) is 1. The highest BCUT2D eigenvalue weighted by molar-refractivity contribution is 6.31. The lowest BCUT2D eigenvalue weighted by molar-refractivity contribution is -0.137. The van der Waals surface area contributed by atoms with Crippen LogP contribution in [0.3, 0.4) is 0 Å². The van der Waals surface area contributed by atoms with Crippen LogP contribution in [0, 0.1) is 5.92 Å². The van der Waals surface area contributed by atoms with Gasteiger partial charge in [-0.05, 0) is 18.9 Å². The number of halogens is 4. The molecular weight excluding hydrogens is 319 g/mol. The van der Waals surface area contributed by atoms with Gasteiger partial charge in [0.25, 0.3) is 0 Å². The van der Waals surface area contributed by atoms with Gasteiger partial charge in [0.05, 0.1) is 22.2 Å². The van der Waals surface area contributed by atoms with Gasteiger partial charge in [-0.2, -0.15) is 13.2 Å². The van der Waals surface area contributed by atoms with E-state index in [0.29, 0.717) is 25.3 Å². The summed E-state index contributed by atoms with van der Waals surface area (Å²) in [5.41, 5.74) is -0.447. The van der Waals surface area contributed by atoms with E-state index in [4.69, 9.17) is 11.6 Å². The van der Waals surface area contributed by atoms with Crippen molar-refractivity contribution in [3.8, 4) is 0 Å². The fraction of sp³-hybridized carbons (Fsp3) is 0.571. The van der Waals surface area contributed by atoms with Crippen molar-refractivity contribution in [3.63, 3.8) is 0 Å². The van der Waals surface area contributed by atoms with Crippen molar-refractivity contribution in [3.05, 3.63) is 28.5 Å². The first-order valence-corrected chi connectivity index (χ1v) is 7.45.